The Morgan fingerprint density at radius 1 is 0.786 bits per heavy atom. The lowest BCUT2D eigenvalue weighted by molar-refractivity contribution is 0.0989. The van der Waals surface area contributed by atoms with E-state index in [4.69, 9.17) is 0 Å². The van der Waals surface area contributed by atoms with Gasteiger partial charge in [-0.25, -0.2) is 0 Å². The van der Waals surface area contributed by atoms with Crippen LogP contribution in [0.15, 0.2) is 0 Å². The van der Waals surface area contributed by atoms with Crippen LogP contribution >= 0.6 is 0 Å². The van der Waals surface area contributed by atoms with Crippen molar-refractivity contribution in [1.29, 1.82) is 0 Å². The Labute approximate surface area is 91.5 Å². The van der Waals surface area contributed by atoms with Crippen molar-refractivity contribution >= 4 is 8.80 Å². The molecule has 0 radical (unpaired) electrons. The van der Waals surface area contributed by atoms with Crippen molar-refractivity contribution in [2.45, 2.75) is 77.1 Å². The summed E-state index contributed by atoms with van der Waals surface area (Å²) < 4.78 is 0. The molecule has 0 heterocycles. The Hall–Kier alpha value is 0.177. The van der Waals surface area contributed by atoms with E-state index >= 15 is 0 Å². The third-order valence-corrected chi connectivity index (χ3v) is 8.38. The largest absolute Gasteiger partial charge is 0.391 e. The summed E-state index contributed by atoms with van der Waals surface area (Å²) in [4.78, 5) is 0. The van der Waals surface area contributed by atoms with Crippen LogP contribution in [0.3, 0.4) is 0 Å². The number of hydrogen-bond acceptors (Lipinski definition) is 1. The van der Waals surface area contributed by atoms with Gasteiger partial charge in [-0.05, 0) is 30.0 Å². The molecule has 0 amide bonds. The number of aliphatic hydroxyl groups is 1. The van der Waals surface area contributed by atoms with Gasteiger partial charge in [-0.1, -0.05) is 41.5 Å². The summed E-state index contributed by atoms with van der Waals surface area (Å²) in [5, 5.41) is 10.7. The van der Waals surface area contributed by atoms with Crippen LogP contribution in [-0.4, -0.2) is 19.5 Å². The van der Waals surface area contributed by atoms with Gasteiger partial charge in [0.1, 0.15) is 0 Å². The van der Waals surface area contributed by atoms with E-state index in [-0.39, 0.29) is 0 Å². The molecular formula is C12H28OSi. The molecule has 0 rings (SSSR count). The highest BCUT2D eigenvalue weighted by molar-refractivity contribution is 6.65. The van der Waals surface area contributed by atoms with Crippen LogP contribution in [0.5, 0.6) is 0 Å². The van der Waals surface area contributed by atoms with Crippen molar-refractivity contribution in [3.05, 3.63) is 0 Å². The Balaban J connectivity index is 4.78. The van der Waals surface area contributed by atoms with Crippen LogP contribution in [0.25, 0.3) is 0 Å². The van der Waals surface area contributed by atoms with E-state index in [1.54, 1.807) is 0 Å². The fourth-order valence-electron chi connectivity index (χ4n) is 2.41. The van der Waals surface area contributed by atoms with Crippen molar-refractivity contribution < 1.29 is 5.11 Å². The van der Waals surface area contributed by atoms with Crippen LogP contribution in [0.1, 0.15) is 55.4 Å². The molecular weight excluding hydrogens is 188 g/mol. The quantitative estimate of drug-likeness (QED) is 0.700. The van der Waals surface area contributed by atoms with E-state index in [0.29, 0.717) is 10.1 Å². The molecule has 0 aliphatic rings. The van der Waals surface area contributed by atoms with Gasteiger partial charge in [0.2, 0.25) is 0 Å². The molecule has 0 saturated heterocycles. The summed E-state index contributed by atoms with van der Waals surface area (Å²) in [6.07, 6.45) is 0. The highest BCUT2D eigenvalue weighted by Gasteiger charge is 2.39. The summed E-state index contributed by atoms with van der Waals surface area (Å²) in [5.41, 5.74) is -0.503. The predicted molar refractivity (Wildman–Crippen MR) is 67.7 cm³/mol. The molecule has 0 bridgehead atoms. The van der Waals surface area contributed by atoms with Crippen molar-refractivity contribution in [3.63, 3.8) is 0 Å². The van der Waals surface area contributed by atoms with E-state index in [0.717, 1.165) is 6.04 Å². The predicted octanol–water partition coefficient (Wildman–Crippen LogP) is 3.58. The average Bonchev–Trinajstić information content (AvgIpc) is 1.75. The molecule has 0 unspecified atom stereocenters. The summed E-state index contributed by atoms with van der Waals surface area (Å²) >= 11 is 0. The third-order valence-electron chi connectivity index (χ3n) is 2.79. The minimum absolute atomic E-state index is 0.387. The van der Waals surface area contributed by atoms with E-state index in [1.165, 1.54) is 0 Å². The summed E-state index contributed by atoms with van der Waals surface area (Å²) in [6, 6.07) is 1.00. The first-order valence-electron chi connectivity index (χ1n) is 5.56. The molecule has 0 aromatic rings. The zero-order valence-electron chi connectivity index (χ0n) is 11.2. The van der Waals surface area contributed by atoms with Gasteiger partial charge < -0.3 is 5.11 Å². The van der Waals surface area contributed by atoms with Gasteiger partial charge in [0, 0.05) is 0 Å². The van der Waals surface area contributed by atoms with Crippen LogP contribution in [0.2, 0.25) is 16.1 Å². The maximum absolute atomic E-state index is 9.95. The molecule has 2 heteroatoms. The van der Waals surface area contributed by atoms with Crippen LogP contribution in [0.4, 0.5) is 0 Å². The van der Waals surface area contributed by atoms with Gasteiger partial charge in [0.15, 0.2) is 0 Å². The van der Waals surface area contributed by atoms with Gasteiger partial charge in [-0.2, -0.15) is 0 Å². The number of hydrogen-bond donors (Lipinski definition) is 1. The number of rotatable bonds is 2. The lowest BCUT2D eigenvalue weighted by atomic mass is 10.2. The normalized spacial score (nSPS) is 15.0. The molecule has 0 aliphatic carbocycles. The molecule has 0 aromatic carbocycles. The van der Waals surface area contributed by atoms with Crippen LogP contribution in [0, 0.1) is 0 Å². The minimum Gasteiger partial charge on any atom is -0.391 e. The molecule has 0 saturated carbocycles. The second-order valence-corrected chi connectivity index (χ2v) is 12.3. The first-order chi connectivity index (χ1) is 5.84. The Morgan fingerprint density at radius 3 is 1.14 bits per heavy atom. The fourth-order valence-corrected chi connectivity index (χ4v) is 7.23. The van der Waals surface area contributed by atoms with Gasteiger partial charge in [0.25, 0.3) is 0 Å². The smallest absolute Gasteiger partial charge is 0.0566 e. The van der Waals surface area contributed by atoms with E-state index < -0.39 is 14.4 Å². The van der Waals surface area contributed by atoms with E-state index in [9.17, 15) is 5.11 Å². The second-order valence-electron chi connectivity index (χ2n) is 7.30. The van der Waals surface area contributed by atoms with Crippen LogP contribution in [-0.2, 0) is 0 Å². The highest BCUT2D eigenvalue weighted by Crippen LogP contribution is 2.45. The minimum atomic E-state index is -0.985. The van der Waals surface area contributed by atoms with Gasteiger partial charge in [-0.3, -0.25) is 0 Å². The monoisotopic (exact) mass is 216 g/mol. The van der Waals surface area contributed by atoms with Crippen LogP contribution < -0.4 is 0 Å². The van der Waals surface area contributed by atoms with Crippen molar-refractivity contribution in [2.24, 2.45) is 0 Å². The molecule has 1 N–H and O–H groups in total. The van der Waals surface area contributed by atoms with Gasteiger partial charge in [-0.15, -0.1) is 0 Å². The van der Waals surface area contributed by atoms with Crippen molar-refractivity contribution in [3.8, 4) is 0 Å². The van der Waals surface area contributed by atoms with Gasteiger partial charge >= 0.3 is 0 Å². The lowest BCUT2D eigenvalue weighted by Crippen LogP contribution is -2.40. The Morgan fingerprint density at radius 2 is 1.07 bits per heavy atom. The first-order valence-corrected chi connectivity index (χ1v) is 7.53. The summed E-state index contributed by atoms with van der Waals surface area (Å²) in [7, 11) is -0.985. The fraction of sp³-hybridized carbons (Fsp3) is 1.00. The second kappa shape index (κ2) is 3.97. The highest BCUT2D eigenvalue weighted by atomic mass is 28.3. The molecule has 0 aromatic heterocycles. The Bertz CT molecular complexity index is 164. The zero-order chi connectivity index (χ0) is 11.8. The van der Waals surface area contributed by atoms with Gasteiger partial charge in [0.05, 0.1) is 14.4 Å². The molecule has 14 heavy (non-hydrogen) atoms. The SMILES string of the molecule is CC(C)(O)C[SiH](C(C)(C)C)C(C)(C)C. The van der Waals surface area contributed by atoms with Crippen molar-refractivity contribution in [1.82, 2.24) is 0 Å². The first kappa shape index (κ1) is 14.2. The maximum Gasteiger partial charge on any atom is 0.0566 e. The zero-order valence-corrected chi connectivity index (χ0v) is 12.4. The maximum atomic E-state index is 9.95. The third kappa shape index (κ3) is 5.16. The van der Waals surface area contributed by atoms with E-state index in [1.807, 2.05) is 13.8 Å². The molecule has 0 spiro atoms. The molecule has 0 atom stereocenters. The topological polar surface area (TPSA) is 20.2 Å². The van der Waals surface area contributed by atoms with E-state index in [2.05, 4.69) is 41.5 Å². The standard InChI is InChI=1S/C12H28OSi/c1-10(2,3)14(11(4,5)6)9-12(7,8)13/h13-14H,9H2,1-8H3. The Kier molecular flexibility index (Phi) is 4.02. The average molecular weight is 216 g/mol. The van der Waals surface area contributed by atoms with Crippen molar-refractivity contribution in [2.75, 3.05) is 0 Å². The molecule has 86 valence electrons. The summed E-state index contributed by atoms with van der Waals surface area (Å²) in [5.74, 6) is 0. The molecule has 1 nitrogen and oxygen atoms in total. The summed E-state index contributed by atoms with van der Waals surface area (Å²) in [6.45, 7) is 17.8. The lowest BCUT2D eigenvalue weighted by Gasteiger charge is -2.42. The molecule has 0 aliphatic heterocycles. The molecule has 0 fully saturated rings.